The molecule has 6 heteroatoms. The molecule has 1 aliphatic rings. The third kappa shape index (κ3) is 5.94. The van der Waals surface area contributed by atoms with Crippen molar-refractivity contribution >= 4 is 71.1 Å². The van der Waals surface area contributed by atoms with Crippen molar-refractivity contribution < 1.29 is 14.2 Å². The average molecular weight is 830 g/mol. The molecule has 0 N–H and O–H groups in total. The molecule has 1 aliphatic carbocycles. The minimum atomic E-state index is 0.747. The van der Waals surface area contributed by atoms with E-state index in [-0.39, 0.29) is 0 Å². The zero-order chi connectivity index (χ0) is 42.9. The lowest BCUT2D eigenvalue weighted by atomic mass is 9.98. The Hall–Kier alpha value is -8.22. The van der Waals surface area contributed by atoms with Gasteiger partial charge in [-0.3, -0.25) is 0 Å². The first kappa shape index (κ1) is 37.5. The number of nitrogens with zero attached hydrogens (tertiary/aromatic N) is 3. The molecule has 0 fully saturated rings. The molecule has 64 heavy (non-hydrogen) atoms. The Balaban J connectivity index is 1.03. The number of fused-ring (bicyclic) bond motifs is 9. The van der Waals surface area contributed by atoms with Crippen LogP contribution in [0.3, 0.4) is 0 Å². The van der Waals surface area contributed by atoms with Crippen LogP contribution in [-0.2, 0) is 4.74 Å². The van der Waals surface area contributed by atoms with Crippen LogP contribution < -0.4 is 9.47 Å². The van der Waals surface area contributed by atoms with E-state index in [0.717, 1.165) is 62.8 Å². The van der Waals surface area contributed by atoms with E-state index in [1.54, 1.807) is 21.3 Å². The number of methoxy groups -OCH3 is 3. The first-order valence-electron chi connectivity index (χ1n) is 21.6. The lowest BCUT2D eigenvalue weighted by Crippen LogP contribution is -1.94. The summed E-state index contributed by atoms with van der Waals surface area (Å²) in [5, 5.41) is 7.26. The summed E-state index contributed by atoms with van der Waals surface area (Å²) in [6.07, 6.45) is 9.40. The number of benzene rings is 8. The van der Waals surface area contributed by atoms with Crippen molar-refractivity contribution in [1.29, 1.82) is 0 Å². The molecule has 11 aromatic rings. The molecule has 0 spiro atoms. The first-order valence-corrected chi connectivity index (χ1v) is 21.6. The van der Waals surface area contributed by atoms with Crippen molar-refractivity contribution in [3.05, 3.63) is 200 Å². The highest BCUT2D eigenvalue weighted by molar-refractivity contribution is 6.15. The van der Waals surface area contributed by atoms with Crippen LogP contribution in [0.2, 0.25) is 0 Å². The molecule has 8 aromatic carbocycles. The summed E-state index contributed by atoms with van der Waals surface area (Å²) in [5.74, 6) is 2.62. The molecular formula is C58H43N3O3. The highest BCUT2D eigenvalue weighted by atomic mass is 16.5. The Morgan fingerprint density at radius 1 is 0.359 bits per heavy atom. The van der Waals surface area contributed by atoms with Crippen molar-refractivity contribution in [2.75, 3.05) is 21.3 Å². The summed E-state index contributed by atoms with van der Waals surface area (Å²) in [5.41, 5.74) is 14.9. The monoisotopic (exact) mass is 829 g/mol. The van der Waals surface area contributed by atoms with E-state index in [0.29, 0.717) is 0 Å². The van der Waals surface area contributed by atoms with Gasteiger partial charge in [0, 0.05) is 55.8 Å². The van der Waals surface area contributed by atoms with Crippen molar-refractivity contribution in [1.82, 2.24) is 13.7 Å². The van der Waals surface area contributed by atoms with Gasteiger partial charge in [0.15, 0.2) is 0 Å². The second-order valence-electron chi connectivity index (χ2n) is 16.4. The minimum Gasteiger partial charge on any atom is -0.501 e. The summed E-state index contributed by atoms with van der Waals surface area (Å²) >= 11 is 0. The highest BCUT2D eigenvalue weighted by Crippen LogP contribution is 2.41. The molecule has 6 nitrogen and oxygen atoms in total. The SMILES string of the molecule is COC1=CC=C(n2c3ccc(-c4ccc5c(c4)c4ccccc4n5-c4ccc(OC)cc4)cc3c3cc(-c4ccc5c(c4)c4ccccc4n5-c4ccc(OC)cc4)ccc32)C=CC1. The number of ether oxygens (including phenoxy) is 3. The lowest BCUT2D eigenvalue weighted by molar-refractivity contribution is 0.285. The fourth-order valence-electron chi connectivity index (χ4n) is 9.88. The van der Waals surface area contributed by atoms with Crippen LogP contribution >= 0.6 is 0 Å². The molecule has 3 aromatic heterocycles. The van der Waals surface area contributed by atoms with Gasteiger partial charge in [0.25, 0.3) is 0 Å². The summed E-state index contributed by atoms with van der Waals surface area (Å²) in [6.45, 7) is 0. The fraction of sp³-hybridized carbons (Fsp3) is 0.0690. The molecule has 0 saturated carbocycles. The van der Waals surface area contributed by atoms with Gasteiger partial charge >= 0.3 is 0 Å². The molecule has 0 atom stereocenters. The second-order valence-corrected chi connectivity index (χ2v) is 16.4. The van der Waals surface area contributed by atoms with Gasteiger partial charge in [-0.2, -0.15) is 0 Å². The van der Waals surface area contributed by atoms with E-state index in [1.807, 2.05) is 24.3 Å². The van der Waals surface area contributed by atoms with Gasteiger partial charge in [0.2, 0.25) is 0 Å². The van der Waals surface area contributed by atoms with E-state index in [4.69, 9.17) is 14.2 Å². The van der Waals surface area contributed by atoms with Crippen molar-refractivity contribution in [3.63, 3.8) is 0 Å². The molecule has 0 bridgehead atoms. The maximum absolute atomic E-state index is 5.67. The zero-order valence-electron chi connectivity index (χ0n) is 35.7. The quantitative estimate of drug-likeness (QED) is 0.153. The summed E-state index contributed by atoms with van der Waals surface area (Å²) in [4.78, 5) is 0. The number of allylic oxidation sites excluding steroid dienone is 5. The lowest BCUT2D eigenvalue weighted by Gasteiger charge is -2.10. The number of rotatable bonds is 8. The predicted molar refractivity (Wildman–Crippen MR) is 265 cm³/mol. The molecule has 0 aliphatic heterocycles. The van der Waals surface area contributed by atoms with Gasteiger partial charge in [-0.25, -0.2) is 0 Å². The summed E-state index contributed by atoms with van der Waals surface area (Å²) in [7, 11) is 5.15. The Kier molecular flexibility index (Phi) is 8.80. The predicted octanol–water partition coefficient (Wildman–Crippen LogP) is 14.7. The average Bonchev–Trinajstić information content (AvgIpc) is 3.90. The van der Waals surface area contributed by atoms with Crippen molar-refractivity contribution in [3.8, 4) is 45.1 Å². The zero-order valence-corrected chi connectivity index (χ0v) is 35.7. The Bertz CT molecular complexity index is 3520. The second kappa shape index (κ2) is 15.0. The van der Waals surface area contributed by atoms with Gasteiger partial charge in [-0.1, -0.05) is 66.7 Å². The number of hydrogen-bond acceptors (Lipinski definition) is 3. The Morgan fingerprint density at radius 2 is 0.750 bits per heavy atom. The van der Waals surface area contributed by atoms with Gasteiger partial charge in [0.05, 0.1) is 60.2 Å². The summed E-state index contributed by atoms with van der Waals surface area (Å²) < 4.78 is 23.7. The van der Waals surface area contributed by atoms with Crippen LogP contribution in [0, 0.1) is 0 Å². The number of para-hydroxylation sites is 2. The van der Waals surface area contributed by atoms with Crippen LogP contribution in [0.4, 0.5) is 0 Å². The molecule has 3 heterocycles. The van der Waals surface area contributed by atoms with Gasteiger partial charge in [-0.15, -0.1) is 0 Å². The molecule has 12 rings (SSSR count). The molecule has 0 saturated heterocycles. The van der Waals surface area contributed by atoms with Gasteiger partial charge in [-0.05, 0) is 150 Å². The van der Waals surface area contributed by atoms with Gasteiger partial charge in [0.1, 0.15) is 11.5 Å². The molecule has 0 amide bonds. The van der Waals surface area contributed by atoms with Crippen molar-refractivity contribution in [2.24, 2.45) is 0 Å². The highest BCUT2D eigenvalue weighted by Gasteiger charge is 2.19. The smallest absolute Gasteiger partial charge is 0.119 e. The van der Waals surface area contributed by atoms with Crippen molar-refractivity contribution in [2.45, 2.75) is 6.42 Å². The molecule has 308 valence electrons. The third-order valence-corrected chi connectivity index (χ3v) is 13.0. The first-order chi connectivity index (χ1) is 31.6. The fourth-order valence-corrected chi connectivity index (χ4v) is 9.88. The maximum atomic E-state index is 5.67. The molecule has 0 radical (unpaired) electrons. The Morgan fingerprint density at radius 3 is 1.17 bits per heavy atom. The van der Waals surface area contributed by atoms with Crippen LogP contribution in [0.25, 0.3) is 105 Å². The number of aromatic nitrogens is 3. The van der Waals surface area contributed by atoms with Crippen LogP contribution in [0.1, 0.15) is 6.42 Å². The van der Waals surface area contributed by atoms with Crippen LogP contribution in [-0.4, -0.2) is 35.0 Å². The van der Waals surface area contributed by atoms with E-state index < -0.39 is 0 Å². The Labute approximate surface area is 370 Å². The van der Waals surface area contributed by atoms with Gasteiger partial charge < -0.3 is 27.9 Å². The van der Waals surface area contributed by atoms with Crippen LogP contribution in [0.15, 0.2) is 200 Å². The topological polar surface area (TPSA) is 42.5 Å². The largest absolute Gasteiger partial charge is 0.501 e. The number of hydrogen-bond donors (Lipinski definition) is 0. The molecular weight excluding hydrogens is 787 g/mol. The third-order valence-electron chi connectivity index (χ3n) is 13.0. The van der Waals surface area contributed by atoms with E-state index in [2.05, 4.69) is 184 Å². The van der Waals surface area contributed by atoms with E-state index in [1.165, 1.54) is 65.6 Å². The minimum absolute atomic E-state index is 0.747. The summed E-state index contributed by atoms with van der Waals surface area (Å²) in [6, 6.07) is 61.6. The normalized spacial score (nSPS) is 13.0. The maximum Gasteiger partial charge on any atom is 0.119 e. The standard InChI is InChI=1S/C58H43N3O3/c1-62-44-10-8-9-41(19-24-44)59-57-31-17-39(37-15-29-55-49(33-37)47-11-4-6-13-53(47)60(55)42-20-25-45(63-2)26-21-42)35-51(57)52-36-40(18-32-58(52)59)38-16-30-56-50(34-38)48-12-5-7-14-54(48)61(56)43-22-27-46(64-3)28-23-43/h4-9,11-36H,10H2,1-3H3. The molecule has 0 unspecified atom stereocenters. The van der Waals surface area contributed by atoms with E-state index in [9.17, 15) is 0 Å². The van der Waals surface area contributed by atoms with Crippen LogP contribution in [0.5, 0.6) is 11.5 Å². The van der Waals surface area contributed by atoms with E-state index >= 15 is 0 Å².